The summed E-state index contributed by atoms with van der Waals surface area (Å²) in [5.74, 6) is -1.68. The molecule has 0 saturated carbocycles. The molecule has 2 atom stereocenters. The lowest BCUT2D eigenvalue weighted by molar-refractivity contribution is -0.137. The average Bonchev–Trinajstić information content (AvgIpc) is 3.17. The van der Waals surface area contributed by atoms with Crippen LogP contribution in [0.1, 0.15) is 41.3 Å². The fraction of sp³-hybridized carbons (Fsp3) is 0.391. The molecule has 4 nitrogen and oxygen atoms in total. The van der Waals surface area contributed by atoms with Crippen molar-refractivity contribution in [2.45, 2.75) is 32.0 Å². The molecule has 1 aliphatic rings. The van der Waals surface area contributed by atoms with Crippen molar-refractivity contribution in [3.63, 3.8) is 0 Å². The maximum atomic E-state index is 13.3. The lowest BCUT2D eigenvalue weighted by Gasteiger charge is -2.27. The predicted octanol–water partition coefficient (Wildman–Crippen LogP) is 5.08. The molecule has 166 valence electrons. The van der Waals surface area contributed by atoms with Crippen LogP contribution < -0.4 is 0 Å². The second-order valence-corrected chi connectivity index (χ2v) is 8.54. The zero-order valence-corrected chi connectivity index (χ0v) is 18.2. The largest absolute Gasteiger partial charge is 0.416 e. The zero-order valence-electron chi connectivity index (χ0n) is 17.5. The highest BCUT2D eigenvalue weighted by atomic mass is 35.5. The molecule has 31 heavy (non-hydrogen) atoms. The number of amides is 2. The molecule has 1 fully saturated rings. The molecule has 2 amide bonds. The van der Waals surface area contributed by atoms with E-state index >= 15 is 0 Å². The van der Waals surface area contributed by atoms with E-state index in [1.165, 1.54) is 11.0 Å². The number of halogens is 4. The first-order valence-corrected chi connectivity index (χ1v) is 10.4. The summed E-state index contributed by atoms with van der Waals surface area (Å²) >= 11 is 6.00. The minimum atomic E-state index is -4.49. The van der Waals surface area contributed by atoms with Crippen molar-refractivity contribution in [1.82, 2.24) is 9.80 Å². The lowest BCUT2D eigenvalue weighted by atomic mass is 9.87. The van der Waals surface area contributed by atoms with Crippen molar-refractivity contribution in [1.29, 1.82) is 0 Å². The number of carbonyl (C=O) groups is 2. The highest BCUT2D eigenvalue weighted by molar-refractivity contribution is 6.30. The smallest absolute Gasteiger partial charge is 0.343 e. The number of hydrogen-bond donors (Lipinski definition) is 0. The quantitative estimate of drug-likeness (QED) is 0.649. The minimum Gasteiger partial charge on any atom is -0.343 e. The summed E-state index contributed by atoms with van der Waals surface area (Å²) in [6, 6.07) is 11.4. The third kappa shape index (κ3) is 5.03. The van der Waals surface area contributed by atoms with Crippen LogP contribution >= 0.6 is 11.6 Å². The molecule has 2 unspecified atom stereocenters. The van der Waals surface area contributed by atoms with Crippen LogP contribution in [0.3, 0.4) is 0 Å². The Morgan fingerprint density at radius 3 is 2.39 bits per heavy atom. The fourth-order valence-corrected chi connectivity index (χ4v) is 4.01. The van der Waals surface area contributed by atoms with Crippen molar-refractivity contribution in [3.8, 4) is 0 Å². The number of hydrogen-bond acceptors (Lipinski definition) is 2. The number of nitrogens with zero attached hydrogens (tertiary/aromatic N) is 2. The fourth-order valence-electron chi connectivity index (χ4n) is 3.82. The van der Waals surface area contributed by atoms with Gasteiger partial charge in [0, 0.05) is 42.7 Å². The Bertz CT molecular complexity index is 977. The Labute approximate surface area is 184 Å². The van der Waals surface area contributed by atoms with Crippen LogP contribution in [-0.2, 0) is 11.0 Å². The van der Waals surface area contributed by atoms with Gasteiger partial charge in [0.1, 0.15) is 0 Å². The van der Waals surface area contributed by atoms with Gasteiger partial charge in [-0.1, -0.05) is 35.9 Å². The Kier molecular flexibility index (Phi) is 6.65. The molecule has 2 aromatic rings. The highest BCUT2D eigenvalue weighted by Gasteiger charge is 2.42. The maximum absolute atomic E-state index is 13.3. The van der Waals surface area contributed by atoms with Crippen molar-refractivity contribution < 1.29 is 22.8 Å². The van der Waals surface area contributed by atoms with Crippen LogP contribution in [0.4, 0.5) is 13.2 Å². The molecular formula is C23H24ClF3N2O2. The van der Waals surface area contributed by atoms with Gasteiger partial charge in [0.15, 0.2) is 0 Å². The normalized spacial score (nSPS) is 19.0. The summed E-state index contributed by atoms with van der Waals surface area (Å²) in [5.41, 5.74) is 0.000335. The second kappa shape index (κ2) is 8.91. The van der Waals surface area contributed by atoms with Crippen molar-refractivity contribution >= 4 is 23.4 Å². The highest BCUT2D eigenvalue weighted by Crippen LogP contribution is 2.38. The molecule has 2 aromatic carbocycles. The molecule has 0 N–H and O–H groups in total. The number of carbonyl (C=O) groups excluding carboxylic acids is 2. The second-order valence-electron chi connectivity index (χ2n) is 8.10. The van der Waals surface area contributed by atoms with Gasteiger partial charge >= 0.3 is 6.18 Å². The Hall–Kier alpha value is -2.54. The molecule has 0 aromatic heterocycles. The number of likely N-dealkylation sites (tertiary alicyclic amines) is 1. The molecule has 0 spiro atoms. The van der Waals surface area contributed by atoms with E-state index in [1.807, 2.05) is 13.8 Å². The van der Waals surface area contributed by atoms with Gasteiger partial charge < -0.3 is 9.80 Å². The molecule has 1 saturated heterocycles. The summed E-state index contributed by atoms with van der Waals surface area (Å²) in [5, 5.41) is 0.409. The summed E-state index contributed by atoms with van der Waals surface area (Å²) in [6.45, 7) is 4.00. The summed E-state index contributed by atoms with van der Waals surface area (Å²) in [7, 11) is 1.66. The molecule has 8 heteroatoms. The number of alkyl halides is 3. The average molecular weight is 453 g/mol. The third-order valence-electron chi connectivity index (χ3n) is 5.76. The van der Waals surface area contributed by atoms with Crippen molar-refractivity contribution in [3.05, 3.63) is 70.2 Å². The molecule has 3 rings (SSSR count). The van der Waals surface area contributed by atoms with Gasteiger partial charge in [-0.05, 0) is 43.7 Å². The predicted molar refractivity (Wildman–Crippen MR) is 113 cm³/mol. The Morgan fingerprint density at radius 2 is 1.77 bits per heavy atom. The molecule has 0 radical (unpaired) electrons. The molecule has 0 aliphatic carbocycles. The van der Waals surface area contributed by atoms with Crippen molar-refractivity contribution in [2.75, 3.05) is 20.1 Å². The van der Waals surface area contributed by atoms with Crippen LogP contribution in [0.2, 0.25) is 5.02 Å². The Balaban J connectivity index is 1.96. The zero-order chi connectivity index (χ0) is 22.9. The van der Waals surface area contributed by atoms with E-state index in [0.29, 0.717) is 16.1 Å². The van der Waals surface area contributed by atoms with Crippen LogP contribution in [0.5, 0.6) is 0 Å². The molecular weight excluding hydrogens is 429 g/mol. The van der Waals surface area contributed by atoms with E-state index in [9.17, 15) is 22.8 Å². The summed E-state index contributed by atoms with van der Waals surface area (Å²) in [6.07, 6.45) is -4.49. The van der Waals surface area contributed by atoms with Crippen LogP contribution in [0.25, 0.3) is 0 Å². The maximum Gasteiger partial charge on any atom is 0.416 e. The SMILES string of the molecule is CC(C)N(C)C(=O)C1CN(C(=O)c2cccc(Cl)c2)CC1c1cccc(C(F)(F)F)c1. The van der Waals surface area contributed by atoms with E-state index in [-0.39, 0.29) is 30.9 Å². The van der Waals surface area contributed by atoms with Crippen LogP contribution in [0, 0.1) is 5.92 Å². The van der Waals surface area contributed by atoms with Gasteiger partial charge in [-0.2, -0.15) is 13.2 Å². The topological polar surface area (TPSA) is 40.6 Å². The van der Waals surface area contributed by atoms with Crippen LogP contribution in [-0.4, -0.2) is 47.8 Å². The first-order chi connectivity index (χ1) is 14.5. The van der Waals surface area contributed by atoms with Gasteiger partial charge in [0.25, 0.3) is 5.91 Å². The van der Waals surface area contributed by atoms with E-state index in [4.69, 9.17) is 11.6 Å². The van der Waals surface area contributed by atoms with E-state index in [1.54, 1.807) is 42.3 Å². The van der Waals surface area contributed by atoms with E-state index < -0.39 is 23.6 Å². The molecule has 1 aliphatic heterocycles. The number of benzene rings is 2. The van der Waals surface area contributed by atoms with Crippen molar-refractivity contribution in [2.24, 2.45) is 5.92 Å². The number of rotatable bonds is 4. The molecule has 0 bridgehead atoms. The standard InChI is InChI=1S/C23H24ClF3N2O2/c1-14(2)28(3)22(31)20-13-29(21(30)16-7-5-9-18(24)11-16)12-19(20)15-6-4-8-17(10-15)23(25,26)27/h4-11,14,19-20H,12-13H2,1-3H3. The first-order valence-electron chi connectivity index (χ1n) is 9.97. The van der Waals surface area contributed by atoms with Gasteiger partial charge in [0.05, 0.1) is 11.5 Å². The van der Waals surface area contributed by atoms with Gasteiger partial charge in [-0.3, -0.25) is 9.59 Å². The summed E-state index contributed by atoms with van der Waals surface area (Å²) in [4.78, 5) is 29.3. The third-order valence-corrected chi connectivity index (χ3v) is 6.00. The monoisotopic (exact) mass is 452 g/mol. The van der Waals surface area contributed by atoms with Gasteiger partial charge in [-0.25, -0.2) is 0 Å². The van der Waals surface area contributed by atoms with Gasteiger partial charge in [-0.15, -0.1) is 0 Å². The minimum absolute atomic E-state index is 0.0765. The van der Waals surface area contributed by atoms with Gasteiger partial charge in [0.2, 0.25) is 5.91 Å². The summed E-state index contributed by atoms with van der Waals surface area (Å²) < 4.78 is 39.8. The van der Waals surface area contributed by atoms with E-state index in [0.717, 1.165) is 12.1 Å². The lowest BCUT2D eigenvalue weighted by Crippen LogP contribution is -2.40. The Morgan fingerprint density at radius 1 is 1.10 bits per heavy atom. The molecule has 1 heterocycles. The first kappa shape index (κ1) is 23.1. The van der Waals surface area contributed by atoms with Crippen LogP contribution in [0.15, 0.2) is 48.5 Å². The van der Waals surface area contributed by atoms with E-state index in [2.05, 4.69) is 0 Å².